The normalized spacial score (nSPS) is 10.1. The topological polar surface area (TPSA) is 61.5 Å². The molecule has 0 fully saturated rings. The number of benzene rings is 1. The molecule has 0 saturated heterocycles. The Morgan fingerprint density at radius 2 is 2.11 bits per heavy atom. The quantitative estimate of drug-likeness (QED) is 0.651. The number of thiophene rings is 1. The first kappa shape index (κ1) is 13.4. The van der Waals surface area contributed by atoms with Gasteiger partial charge < -0.3 is 15.2 Å². The van der Waals surface area contributed by atoms with E-state index in [1.165, 1.54) is 5.56 Å². The first-order valence-electron chi connectivity index (χ1n) is 5.89. The summed E-state index contributed by atoms with van der Waals surface area (Å²) in [6.45, 7) is 0.237. The summed E-state index contributed by atoms with van der Waals surface area (Å²) in [6.07, 6.45) is 0.725. The molecular formula is C14H15NO3S. The molecule has 0 radical (unpaired) electrons. The maximum absolute atomic E-state index is 11.5. The second-order valence-electron chi connectivity index (χ2n) is 3.93. The van der Waals surface area contributed by atoms with E-state index < -0.39 is 5.97 Å². The molecule has 0 spiro atoms. The molecule has 0 aliphatic heterocycles. The van der Waals surface area contributed by atoms with Crippen LogP contribution in [-0.4, -0.2) is 19.2 Å². The molecule has 0 aliphatic rings. The lowest BCUT2D eigenvalue weighted by Crippen LogP contribution is -2.16. The van der Waals surface area contributed by atoms with Crippen molar-refractivity contribution in [1.29, 1.82) is 0 Å². The van der Waals surface area contributed by atoms with E-state index >= 15 is 0 Å². The third-order valence-electron chi connectivity index (χ3n) is 2.50. The molecule has 1 heterocycles. The number of carbonyl (C=O) groups excluding carboxylic acids is 1. The molecule has 0 aliphatic carbocycles. The van der Waals surface area contributed by atoms with E-state index in [-0.39, 0.29) is 6.61 Å². The van der Waals surface area contributed by atoms with Gasteiger partial charge in [0.15, 0.2) is 6.61 Å². The first-order valence-corrected chi connectivity index (χ1v) is 6.84. The summed E-state index contributed by atoms with van der Waals surface area (Å²) in [5.41, 5.74) is 7.38. The highest BCUT2D eigenvalue weighted by Gasteiger charge is 2.06. The van der Waals surface area contributed by atoms with E-state index in [0.29, 0.717) is 18.0 Å². The predicted octanol–water partition coefficient (Wildman–Crippen LogP) is 2.50. The van der Waals surface area contributed by atoms with Crippen molar-refractivity contribution in [2.45, 2.75) is 6.42 Å². The number of carbonyl (C=O) groups is 1. The van der Waals surface area contributed by atoms with E-state index in [1.54, 1.807) is 35.6 Å². The van der Waals surface area contributed by atoms with E-state index in [0.717, 1.165) is 6.42 Å². The number of rotatable bonds is 6. The third kappa shape index (κ3) is 4.30. The Labute approximate surface area is 115 Å². The molecule has 19 heavy (non-hydrogen) atoms. The van der Waals surface area contributed by atoms with Gasteiger partial charge in [0, 0.05) is 6.42 Å². The van der Waals surface area contributed by atoms with Crippen LogP contribution in [0.1, 0.15) is 5.56 Å². The molecule has 100 valence electrons. The molecule has 2 aromatic rings. The van der Waals surface area contributed by atoms with Crippen LogP contribution in [-0.2, 0) is 16.0 Å². The van der Waals surface area contributed by atoms with Crippen LogP contribution in [0.5, 0.6) is 5.75 Å². The SMILES string of the molecule is Nc1ccccc1OCC(=O)OCCc1ccsc1. The molecule has 0 unspecified atom stereocenters. The Hall–Kier alpha value is -2.01. The summed E-state index contributed by atoms with van der Waals surface area (Å²) in [5, 5.41) is 4.04. The molecular weight excluding hydrogens is 262 g/mol. The zero-order chi connectivity index (χ0) is 13.5. The highest BCUT2D eigenvalue weighted by Crippen LogP contribution is 2.19. The Balaban J connectivity index is 1.69. The van der Waals surface area contributed by atoms with E-state index in [1.807, 2.05) is 16.8 Å². The average Bonchev–Trinajstić information content (AvgIpc) is 2.91. The lowest BCUT2D eigenvalue weighted by molar-refractivity contribution is -0.145. The van der Waals surface area contributed by atoms with E-state index in [9.17, 15) is 4.79 Å². The molecule has 0 bridgehead atoms. The van der Waals surface area contributed by atoms with Crippen LogP contribution in [0.15, 0.2) is 41.1 Å². The van der Waals surface area contributed by atoms with Crippen LogP contribution in [0.25, 0.3) is 0 Å². The van der Waals surface area contributed by atoms with Crippen LogP contribution < -0.4 is 10.5 Å². The second-order valence-corrected chi connectivity index (χ2v) is 4.71. The molecule has 4 nitrogen and oxygen atoms in total. The van der Waals surface area contributed by atoms with Gasteiger partial charge in [-0.2, -0.15) is 11.3 Å². The highest BCUT2D eigenvalue weighted by atomic mass is 32.1. The highest BCUT2D eigenvalue weighted by molar-refractivity contribution is 7.07. The largest absolute Gasteiger partial charge is 0.480 e. The monoisotopic (exact) mass is 277 g/mol. The van der Waals surface area contributed by atoms with Gasteiger partial charge in [-0.05, 0) is 34.5 Å². The van der Waals surface area contributed by atoms with Gasteiger partial charge in [0.1, 0.15) is 5.75 Å². The maximum atomic E-state index is 11.5. The zero-order valence-electron chi connectivity index (χ0n) is 10.4. The Kier molecular flexibility index (Phi) is 4.80. The number of nitrogen functional groups attached to an aromatic ring is 1. The number of hydrogen-bond donors (Lipinski definition) is 1. The van der Waals surface area contributed by atoms with Gasteiger partial charge >= 0.3 is 5.97 Å². The van der Waals surface area contributed by atoms with Crippen molar-refractivity contribution >= 4 is 23.0 Å². The fraction of sp³-hybridized carbons (Fsp3) is 0.214. The summed E-state index contributed by atoms with van der Waals surface area (Å²) in [4.78, 5) is 11.5. The molecule has 0 amide bonds. The molecule has 0 atom stereocenters. The maximum Gasteiger partial charge on any atom is 0.344 e. The van der Waals surface area contributed by atoms with Crippen LogP contribution >= 0.6 is 11.3 Å². The Bertz CT molecular complexity index is 525. The van der Waals surface area contributed by atoms with Gasteiger partial charge in [0.25, 0.3) is 0 Å². The van der Waals surface area contributed by atoms with Crippen LogP contribution in [0.2, 0.25) is 0 Å². The predicted molar refractivity (Wildman–Crippen MR) is 75.3 cm³/mol. The number of para-hydroxylation sites is 2. The Morgan fingerprint density at radius 1 is 1.26 bits per heavy atom. The van der Waals surface area contributed by atoms with Crippen molar-refractivity contribution in [2.75, 3.05) is 18.9 Å². The fourth-order valence-electron chi connectivity index (χ4n) is 1.51. The summed E-state index contributed by atoms with van der Waals surface area (Å²) >= 11 is 1.63. The standard InChI is InChI=1S/C14H15NO3S/c15-12-3-1-2-4-13(12)18-9-14(16)17-7-5-11-6-8-19-10-11/h1-4,6,8,10H,5,7,9,15H2. The van der Waals surface area contributed by atoms with Crippen molar-refractivity contribution < 1.29 is 14.3 Å². The Morgan fingerprint density at radius 3 is 2.84 bits per heavy atom. The minimum Gasteiger partial charge on any atom is -0.480 e. The van der Waals surface area contributed by atoms with Gasteiger partial charge in [-0.3, -0.25) is 0 Å². The lowest BCUT2D eigenvalue weighted by Gasteiger charge is -2.08. The molecule has 2 rings (SSSR count). The van der Waals surface area contributed by atoms with Crippen molar-refractivity contribution in [2.24, 2.45) is 0 Å². The molecule has 1 aromatic heterocycles. The zero-order valence-corrected chi connectivity index (χ0v) is 11.2. The number of esters is 1. The number of anilines is 1. The van der Waals surface area contributed by atoms with E-state index in [2.05, 4.69) is 0 Å². The van der Waals surface area contributed by atoms with Crippen molar-refractivity contribution in [3.63, 3.8) is 0 Å². The summed E-state index contributed by atoms with van der Waals surface area (Å²) in [7, 11) is 0. The van der Waals surface area contributed by atoms with Gasteiger partial charge in [0.2, 0.25) is 0 Å². The summed E-state index contributed by atoms with van der Waals surface area (Å²) in [6, 6.07) is 9.06. The molecule has 1 aromatic carbocycles. The van der Waals surface area contributed by atoms with Gasteiger partial charge in [-0.1, -0.05) is 12.1 Å². The second kappa shape index (κ2) is 6.80. The number of nitrogens with two attached hydrogens (primary N) is 1. The number of ether oxygens (including phenoxy) is 2. The molecule has 0 saturated carbocycles. The molecule has 2 N–H and O–H groups in total. The van der Waals surface area contributed by atoms with Crippen molar-refractivity contribution in [3.8, 4) is 5.75 Å². The minimum atomic E-state index is -0.390. The summed E-state index contributed by atoms with van der Waals surface area (Å²) < 4.78 is 10.4. The van der Waals surface area contributed by atoms with Crippen LogP contribution in [0.4, 0.5) is 5.69 Å². The first-order chi connectivity index (χ1) is 9.25. The minimum absolute atomic E-state index is 0.127. The van der Waals surface area contributed by atoms with Gasteiger partial charge in [-0.15, -0.1) is 0 Å². The van der Waals surface area contributed by atoms with Gasteiger partial charge in [-0.25, -0.2) is 4.79 Å². The summed E-state index contributed by atoms with van der Waals surface area (Å²) in [5.74, 6) is 0.107. The van der Waals surface area contributed by atoms with Crippen LogP contribution in [0, 0.1) is 0 Å². The number of hydrogen-bond acceptors (Lipinski definition) is 5. The third-order valence-corrected chi connectivity index (χ3v) is 3.23. The average molecular weight is 277 g/mol. The molecule has 5 heteroatoms. The van der Waals surface area contributed by atoms with Gasteiger partial charge in [0.05, 0.1) is 12.3 Å². The smallest absolute Gasteiger partial charge is 0.344 e. The van der Waals surface area contributed by atoms with E-state index in [4.69, 9.17) is 15.2 Å². The lowest BCUT2D eigenvalue weighted by atomic mass is 10.3. The van der Waals surface area contributed by atoms with Crippen LogP contribution in [0.3, 0.4) is 0 Å². The van der Waals surface area contributed by atoms with Crippen molar-refractivity contribution in [1.82, 2.24) is 0 Å². The fourth-order valence-corrected chi connectivity index (χ4v) is 2.21. The van der Waals surface area contributed by atoms with Crippen molar-refractivity contribution in [3.05, 3.63) is 46.7 Å².